The predicted molar refractivity (Wildman–Crippen MR) is 54.2 cm³/mol. The monoisotopic (exact) mass is 274 g/mol. The third-order valence-corrected chi connectivity index (χ3v) is 3.04. The summed E-state index contributed by atoms with van der Waals surface area (Å²) in [5.41, 5.74) is -1.04. The van der Waals surface area contributed by atoms with Crippen molar-refractivity contribution in [2.45, 2.75) is 5.41 Å². The number of hydrogen-bond donors (Lipinski definition) is 1. The molecule has 3 nitrogen and oxygen atoms in total. The highest BCUT2D eigenvalue weighted by molar-refractivity contribution is 9.10. The van der Waals surface area contributed by atoms with E-state index in [1.807, 2.05) is 0 Å². The second-order valence-corrected chi connectivity index (χ2v) is 4.42. The number of benzene rings is 1. The zero-order valence-electron chi connectivity index (χ0n) is 7.67. The van der Waals surface area contributed by atoms with Crippen LogP contribution in [0.25, 0.3) is 0 Å². The Bertz CT molecular complexity index is 415. The molecule has 1 aliphatic rings. The van der Waals surface area contributed by atoms with E-state index < -0.39 is 17.2 Å². The highest BCUT2D eigenvalue weighted by Crippen LogP contribution is 2.35. The minimum absolute atomic E-state index is 0.0235. The van der Waals surface area contributed by atoms with Crippen molar-refractivity contribution in [3.63, 3.8) is 0 Å². The number of halogens is 2. The lowest BCUT2D eigenvalue weighted by atomic mass is 9.78. The smallest absolute Gasteiger partial charge is 0.319 e. The molecule has 1 aromatic rings. The van der Waals surface area contributed by atoms with Crippen LogP contribution < -0.4 is 0 Å². The molecule has 0 atom stereocenters. The first-order chi connectivity index (χ1) is 7.06. The van der Waals surface area contributed by atoms with Gasteiger partial charge in [-0.1, -0.05) is 15.9 Å². The van der Waals surface area contributed by atoms with Crippen LogP contribution in [0.2, 0.25) is 0 Å². The highest BCUT2D eigenvalue weighted by atomic mass is 79.9. The predicted octanol–water partition coefficient (Wildman–Crippen LogP) is 1.94. The molecule has 0 aromatic heterocycles. The molecular formula is C10H8BrFO3. The van der Waals surface area contributed by atoms with Gasteiger partial charge in [-0.3, -0.25) is 4.79 Å². The summed E-state index contributed by atoms with van der Waals surface area (Å²) in [6, 6.07) is 4.28. The molecule has 1 fully saturated rings. The van der Waals surface area contributed by atoms with Gasteiger partial charge in [0.05, 0.1) is 13.2 Å². The molecule has 0 saturated carbocycles. The van der Waals surface area contributed by atoms with Crippen LogP contribution in [0.1, 0.15) is 5.56 Å². The molecular weight excluding hydrogens is 267 g/mol. The number of rotatable bonds is 2. The normalized spacial score (nSPS) is 18.3. The maximum atomic E-state index is 13.5. The molecule has 1 heterocycles. The summed E-state index contributed by atoms with van der Waals surface area (Å²) in [7, 11) is 0. The molecule has 1 aromatic carbocycles. The topological polar surface area (TPSA) is 46.5 Å². The quantitative estimate of drug-likeness (QED) is 0.897. The Morgan fingerprint density at radius 1 is 1.53 bits per heavy atom. The van der Waals surface area contributed by atoms with Crippen LogP contribution in [-0.4, -0.2) is 24.3 Å². The molecule has 0 radical (unpaired) electrons. The Morgan fingerprint density at radius 3 is 2.67 bits per heavy atom. The molecule has 0 spiro atoms. The summed E-state index contributed by atoms with van der Waals surface area (Å²) in [4.78, 5) is 11.1. The van der Waals surface area contributed by atoms with E-state index in [0.717, 1.165) is 0 Å². The molecule has 1 N–H and O–H groups in total. The van der Waals surface area contributed by atoms with Gasteiger partial charge in [0, 0.05) is 10.0 Å². The van der Waals surface area contributed by atoms with Crippen molar-refractivity contribution < 1.29 is 19.0 Å². The fourth-order valence-corrected chi connectivity index (χ4v) is 1.93. The Kier molecular flexibility index (Phi) is 2.52. The van der Waals surface area contributed by atoms with Crippen LogP contribution in [0.4, 0.5) is 4.39 Å². The average Bonchev–Trinajstić information content (AvgIpc) is 2.08. The molecule has 80 valence electrons. The molecule has 5 heteroatoms. The van der Waals surface area contributed by atoms with Gasteiger partial charge < -0.3 is 9.84 Å². The second-order valence-electron chi connectivity index (χ2n) is 3.50. The third-order valence-electron chi connectivity index (χ3n) is 2.55. The fraction of sp³-hybridized carbons (Fsp3) is 0.300. The minimum Gasteiger partial charge on any atom is -0.480 e. The summed E-state index contributed by atoms with van der Waals surface area (Å²) in [5, 5.41) is 9.09. The summed E-state index contributed by atoms with van der Waals surface area (Å²) >= 11 is 3.19. The Morgan fingerprint density at radius 2 is 2.20 bits per heavy atom. The SMILES string of the molecule is O=C(O)C1(c2cc(Br)ccc2F)COC1. The number of aliphatic carboxylic acids is 1. The van der Waals surface area contributed by atoms with Gasteiger partial charge in [0.25, 0.3) is 0 Å². The van der Waals surface area contributed by atoms with E-state index in [2.05, 4.69) is 15.9 Å². The summed E-state index contributed by atoms with van der Waals surface area (Å²) < 4.78 is 19.1. The van der Waals surface area contributed by atoms with Gasteiger partial charge in [0.1, 0.15) is 11.2 Å². The van der Waals surface area contributed by atoms with Crippen molar-refractivity contribution in [2.75, 3.05) is 13.2 Å². The average molecular weight is 275 g/mol. The molecule has 0 amide bonds. The zero-order chi connectivity index (χ0) is 11.1. The van der Waals surface area contributed by atoms with Crippen molar-refractivity contribution >= 4 is 21.9 Å². The third kappa shape index (κ3) is 1.55. The summed E-state index contributed by atoms with van der Waals surface area (Å²) in [6.45, 7) is 0.0470. The standard InChI is InChI=1S/C10H8BrFO3/c11-6-1-2-8(12)7(3-6)10(9(13)14)4-15-5-10/h1-3H,4-5H2,(H,13,14). The van der Waals surface area contributed by atoms with Gasteiger partial charge in [-0.2, -0.15) is 0 Å². The van der Waals surface area contributed by atoms with Gasteiger partial charge in [0.15, 0.2) is 0 Å². The van der Waals surface area contributed by atoms with Crippen molar-refractivity contribution in [3.05, 3.63) is 34.1 Å². The van der Waals surface area contributed by atoms with E-state index in [0.29, 0.717) is 4.47 Å². The van der Waals surface area contributed by atoms with Gasteiger partial charge >= 0.3 is 5.97 Å². The molecule has 0 bridgehead atoms. The fourth-order valence-electron chi connectivity index (χ4n) is 1.56. The van der Waals surface area contributed by atoms with Crippen LogP contribution in [0, 0.1) is 5.82 Å². The van der Waals surface area contributed by atoms with Crippen LogP contribution in [-0.2, 0) is 14.9 Å². The van der Waals surface area contributed by atoms with Crippen molar-refractivity contribution in [2.24, 2.45) is 0 Å². The number of carboxylic acids is 1. The van der Waals surface area contributed by atoms with Crippen LogP contribution in [0.15, 0.2) is 22.7 Å². The first-order valence-electron chi connectivity index (χ1n) is 4.33. The first-order valence-corrected chi connectivity index (χ1v) is 5.12. The molecule has 0 aliphatic carbocycles. The van der Waals surface area contributed by atoms with Gasteiger partial charge in [-0.05, 0) is 18.2 Å². The second kappa shape index (κ2) is 3.57. The number of hydrogen-bond acceptors (Lipinski definition) is 2. The van der Waals surface area contributed by atoms with Crippen molar-refractivity contribution in [3.8, 4) is 0 Å². The first kappa shape index (κ1) is 10.6. The van der Waals surface area contributed by atoms with Gasteiger partial charge in [0.2, 0.25) is 0 Å². The summed E-state index contributed by atoms with van der Waals surface area (Å²) in [6.07, 6.45) is 0. The Balaban J connectivity index is 2.51. The lowest BCUT2D eigenvalue weighted by Crippen LogP contribution is -2.53. The van der Waals surface area contributed by atoms with E-state index in [1.165, 1.54) is 18.2 Å². The maximum Gasteiger partial charge on any atom is 0.319 e. The van der Waals surface area contributed by atoms with Gasteiger partial charge in [-0.25, -0.2) is 4.39 Å². The minimum atomic E-state index is -1.21. The van der Waals surface area contributed by atoms with E-state index in [-0.39, 0.29) is 18.8 Å². The lowest BCUT2D eigenvalue weighted by molar-refractivity contribution is -0.163. The Labute approximate surface area is 94.0 Å². The van der Waals surface area contributed by atoms with Crippen LogP contribution in [0.3, 0.4) is 0 Å². The largest absolute Gasteiger partial charge is 0.480 e. The van der Waals surface area contributed by atoms with Gasteiger partial charge in [-0.15, -0.1) is 0 Å². The maximum absolute atomic E-state index is 13.5. The van der Waals surface area contributed by atoms with E-state index in [1.54, 1.807) is 0 Å². The van der Waals surface area contributed by atoms with E-state index in [9.17, 15) is 9.18 Å². The van der Waals surface area contributed by atoms with Crippen LogP contribution in [0.5, 0.6) is 0 Å². The molecule has 0 unspecified atom stereocenters. The number of carboxylic acid groups (broad SMARTS) is 1. The Hall–Kier alpha value is -0.940. The molecule has 15 heavy (non-hydrogen) atoms. The van der Waals surface area contributed by atoms with Crippen molar-refractivity contribution in [1.29, 1.82) is 0 Å². The van der Waals surface area contributed by atoms with E-state index >= 15 is 0 Å². The van der Waals surface area contributed by atoms with Crippen molar-refractivity contribution in [1.82, 2.24) is 0 Å². The number of ether oxygens (including phenoxy) is 1. The molecule has 1 saturated heterocycles. The highest BCUT2D eigenvalue weighted by Gasteiger charge is 2.49. The van der Waals surface area contributed by atoms with E-state index in [4.69, 9.17) is 9.84 Å². The number of carbonyl (C=O) groups is 1. The molecule has 2 rings (SSSR count). The van der Waals surface area contributed by atoms with Crippen LogP contribution >= 0.6 is 15.9 Å². The summed E-state index contributed by atoms with van der Waals surface area (Å²) in [5.74, 6) is -1.56. The lowest BCUT2D eigenvalue weighted by Gasteiger charge is -2.37. The molecule has 1 aliphatic heterocycles. The zero-order valence-corrected chi connectivity index (χ0v) is 9.25.